The van der Waals surface area contributed by atoms with Gasteiger partial charge in [-0.15, -0.1) is 5.10 Å². The zero-order chi connectivity index (χ0) is 13.5. The second-order valence-corrected chi connectivity index (χ2v) is 5.82. The van der Waals surface area contributed by atoms with Gasteiger partial charge in [0.05, 0.1) is 17.9 Å². The predicted octanol–water partition coefficient (Wildman–Crippen LogP) is 3.22. The van der Waals surface area contributed by atoms with Crippen LogP contribution in [0.4, 0.5) is 0 Å². The van der Waals surface area contributed by atoms with E-state index in [1.54, 1.807) is 0 Å². The Morgan fingerprint density at radius 1 is 1.26 bits per heavy atom. The smallest absolute Gasteiger partial charge is 0.0756 e. The van der Waals surface area contributed by atoms with E-state index < -0.39 is 0 Å². The summed E-state index contributed by atoms with van der Waals surface area (Å²) in [6.45, 7) is 3.30. The quantitative estimate of drug-likeness (QED) is 0.888. The second-order valence-electron chi connectivity index (χ2n) is 5.82. The van der Waals surface area contributed by atoms with Crippen LogP contribution in [0.1, 0.15) is 70.0 Å². The molecule has 0 spiro atoms. The standard InChI is InChI=1S/C15H28N4/c1-3-11-16-15(14-12-17-18-19(14)2)13-9-7-5-4-6-8-10-13/h12-13,15-16H,3-11H2,1-2H3. The zero-order valence-corrected chi connectivity index (χ0v) is 12.4. The second kappa shape index (κ2) is 7.63. The molecule has 1 saturated carbocycles. The molecule has 0 aromatic carbocycles. The minimum absolute atomic E-state index is 0.429. The van der Waals surface area contributed by atoms with Crippen LogP contribution in [0.5, 0.6) is 0 Å². The van der Waals surface area contributed by atoms with Gasteiger partial charge in [0.1, 0.15) is 0 Å². The molecule has 1 atom stereocenters. The minimum atomic E-state index is 0.429. The summed E-state index contributed by atoms with van der Waals surface area (Å²) in [4.78, 5) is 0. The van der Waals surface area contributed by atoms with Gasteiger partial charge >= 0.3 is 0 Å². The van der Waals surface area contributed by atoms with Crippen LogP contribution in [0, 0.1) is 5.92 Å². The maximum Gasteiger partial charge on any atom is 0.0756 e. The first-order chi connectivity index (χ1) is 9.33. The van der Waals surface area contributed by atoms with E-state index in [0.717, 1.165) is 12.5 Å². The molecule has 0 bridgehead atoms. The molecule has 0 amide bonds. The SMILES string of the molecule is CCCNC(c1cnnn1C)C1CCCCCCC1. The average Bonchev–Trinajstić information content (AvgIpc) is 2.78. The lowest BCUT2D eigenvalue weighted by Gasteiger charge is -2.29. The summed E-state index contributed by atoms with van der Waals surface area (Å²) in [5.41, 5.74) is 1.25. The fourth-order valence-electron chi connectivity index (χ4n) is 3.21. The van der Waals surface area contributed by atoms with Crippen LogP contribution < -0.4 is 5.32 Å². The van der Waals surface area contributed by atoms with Crippen molar-refractivity contribution in [2.24, 2.45) is 13.0 Å². The van der Waals surface area contributed by atoms with Gasteiger partial charge in [-0.25, -0.2) is 0 Å². The highest BCUT2D eigenvalue weighted by atomic mass is 15.4. The molecular weight excluding hydrogens is 236 g/mol. The van der Waals surface area contributed by atoms with Crippen molar-refractivity contribution in [1.82, 2.24) is 20.3 Å². The molecule has 1 N–H and O–H groups in total. The molecule has 0 radical (unpaired) electrons. The molecule has 0 aliphatic heterocycles. The van der Waals surface area contributed by atoms with Gasteiger partial charge in [0.2, 0.25) is 0 Å². The van der Waals surface area contributed by atoms with E-state index >= 15 is 0 Å². The van der Waals surface area contributed by atoms with Crippen LogP contribution >= 0.6 is 0 Å². The van der Waals surface area contributed by atoms with Gasteiger partial charge in [-0.05, 0) is 31.7 Å². The number of hydrogen-bond acceptors (Lipinski definition) is 3. The summed E-state index contributed by atoms with van der Waals surface area (Å²) < 4.78 is 1.94. The normalized spacial score (nSPS) is 19.9. The van der Waals surface area contributed by atoms with Crippen LogP contribution in [0.15, 0.2) is 6.20 Å². The van der Waals surface area contributed by atoms with E-state index in [4.69, 9.17) is 0 Å². The summed E-state index contributed by atoms with van der Waals surface area (Å²) in [6, 6.07) is 0.429. The van der Waals surface area contributed by atoms with E-state index in [1.807, 2.05) is 17.9 Å². The Morgan fingerprint density at radius 3 is 2.53 bits per heavy atom. The maximum absolute atomic E-state index is 4.11. The van der Waals surface area contributed by atoms with Gasteiger partial charge in [0.15, 0.2) is 0 Å². The first-order valence-electron chi connectivity index (χ1n) is 7.91. The van der Waals surface area contributed by atoms with Gasteiger partial charge in [-0.3, -0.25) is 4.68 Å². The van der Waals surface area contributed by atoms with E-state index in [1.165, 1.54) is 57.1 Å². The van der Waals surface area contributed by atoms with Crippen molar-refractivity contribution < 1.29 is 0 Å². The highest BCUT2D eigenvalue weighted by Crippen LogP contribution is 2.32. The third-order valence-electron chi connectivity index (χ3n) is 4.30. The molecule has 1 unspecified atom stereocenters. The lowest BCUT2D eigenvalue weighted by Crippen LogP contribution is -2.31. The predicted molar refractivity (Wildman–Crippen MR) is 77.8 cm³/mol. The molecule has 19 heavy (non-hydrogen) atoms. The summed E-state index contributed by atoms with van der Waals surface area (Å²) in [6.07, 6.45) is 12.8. The van der Waals surface area contributed by atoms with Gasteiger partial charge in [-0.1, -0.05) is 44.2 Å². The van der Waals surface area contributed by atoms with E-state index in [0.29, 0.717) is 6.04 Å². The van der Waals surface area contributed by atoms with Gasteiger partial charge < -0.3 is 5.32 Å². The maximum atomic E-state index is 4.11. The van der Waals surface area contributed by atoms with Crippen molar-refractivity contribution in [2.45, 2.75) is 64.3 Å². The largest absolute Gasteiger partial charge is 0.308 e. The Hall–Kier alpha value is -0.900. The molecule has 1 aliphatic rings. The first kappa shape index (κ1) is 14.5. The van der Waals surface area contributed by atoms with Gasteiger partial charge in [0, 0.05) is 7.05 Å². The molecule has 1 heterocycles. The van der Waals surface area contributed by atoms with Crippen molar-refractivity contribution >= 4 is 0 Å². The monoisotopic (exact) mass is 264 g/mol. The van der Waals surface area contributed by atoms with Crippen molar-refractivity contribution in [3.63, 3.8) is 0 Å². The third kappa shape index (κ3) is 4.03. The van der Waals surface area contributed by atoms with Crippen LogP contribution in [0.25, 0.3) is 0 Å². The van der Waals surface area contributed by atoms with Crippen molar-refractivity contribution in [3.05, 3.63) is 11.9 Å². The van der Waals surface area contributed by atoms with Crippen LogP contribution in [-0.4, -0.2) is 21.5 Å². The van der Waals surface area contributed by atoms with Gasteiger partial charge in [-0.2, -0.15) is 0 Å². The molecule has 1 fully saturated rings. The zero-order valence-electron chi connectivity index (χ0n) is 12.4. The molecule has 108 valence electrons. The number of aryl methyl sites for hydroxylation is 1. The van der Waals surface area contributed by atoms with Crippen LogP contribution in [-0.2, 0) is 7.05 Å². The summed E-state index contributed by atoms with van der Waals surface area (Å²) in [5, 5.41) is 11.9. The molecule has 4 nitrogen and oxygen atoms in total. The fraction of sp³-hybridized carbons (Fsp3) is 0.867. The van der Waals surface area contributed by atoms with Gasteiger partial charge in [0.25, 0.3) is 0 Å². The summed E-state index contributed by atoms with van der Waals surface area (Å²) in [7, 11) is 2.01. The lowest BCUT2D eigenvalue weighted by atomic mass is 9.84. The molecule has 2 rings (SSSR count). The topological polar surface area (TPSA) is 42.7 Å². The van der Waals surface area contributed by atoms with E-state index in [9.17, 15) is 0 Å². The molecule has 1 aliphatic carbocycles. The van der Waals surface area contributed by atoms with Crippen molar-refractivity contribution in [2.75, 3.05) is 6.54 Å². The number of rotatable bonds is 5. The molecule has 1 aromatic rings. The fourth-order valence-corrected chi connectivity index (χ4v) is 3.21. The molecule has 4 heteroatoms. The highest BCUT2D eigenvalue weighted by Gasteiger charge is 2.25. The number of nitrogens with zero attached hydrogens (tertiary/aromatic N) is 3. The van der Waals surface area contributed by atoms with Crippen LogP contribution in [0.3, 0.4) is 0 Å². The van der Waals surface area contributed by atoms with E-state index in [-0.39, 0.29) is 0 Å². The molecular formula is C15H28N4. The Balaban J connectivity index is 2.08. The third-order valence-corrected chi connectivity index (χ3v) is 4.30. The Bertz CT molecular complexity index is 353. The number of aromatic nitrogens is 3. The first-order valence-corrected chi connectivity index (χ1v) is 7.91. The Kier molecular flexibility index (Phi) is 5.83. The van der Waals surface area contributed by atoms with Crippen molar-refractivity contribution in [1.29, 1.82) is 0 Å². The summed E-state index contributed by atoms with van der Waals surface area (Å²) in [5.74, 6) is 0.740. The number of hydrogen-bond donors (Lipinski definition) is 1. The molecule has 0 saturated heterocycles. The number of nitrogens with one attached hydrogen (secondary N) is 1. The van der Waals surface area contributed by atoms with Crippen molar-refractivity contribution in [3.8, 4) is 0 Å². The average molecular weight is 264 g/mol. The Morgan fingerprint density at radius 2 is 1.95 bits per heavy atom. The summed E-state index contributed by atoms with van der Waals surface area (Å²) >= 11 is 0. The minimum Gasteiger partial charge on any atom is -0.308 e. The van der Waals surface area contributed by atoms with Crippen LogP contribution in [0.2, 0.25) is 0 Å². The highest BCUT2D eigenvalue weighted by molar-refractivity contribution is 5.04. The molecule has 1 aromatic heterocycles. The lowest BCUT2D eigenvalue weighted by molar-refractivity contribution is 0.279. The Labute approximate surface area is 117 Å². The van der Waals surface area contributed by atoms with E-state index in [2.05, 4.69) is 22.6 Å².